The standard InChI is InChI=1S/C23H31NS/c1-23(2,3)17-11-12-21-19(14-17)20-13-16-9-7-8-10-18(16)22(20)24(21)15-25(4,5)6/h7-12,14,20,22H,13,15H2,1-6H3. The van der Waals surface area contributed by atoms with Crippen LogP contribution in [0.2, 0.25) is 0 Å². The minimum atomic E-state index is -0.604. The lowest BCUT2D eigenvalue weighted by atomic mass is 9.84. The number of rotatable bonds is 2. The second-order valence-corrected chi connectivity index (χ2v) is 14.1. The fourth-order valence-electron chi connectivity index (χ4n) is 4.54. The fourth-order valence-corrected chi connectivity index (χ4v) is 5.67. The molecule has 0 fully saturated rings. The third-order valence-electron chi connectivity index (χ3n) is 5.66. The van der Waals surface area contributed by atoms with E-state index in [2.05, 4.69) is 86.9 Å². The topological polar surface area (TPSA) is 3.24 Å². The third kappa shape index (κ3) is 2.89. The molecule has 2 aromatic carbocycles. The maximum absolute atomic E-state index is 2.73. The third-order valence-corrected chi connectivity index (χ3v) is 6.71. The van der Waals surface area contributed by atoms with Gasteiger partial charge in [-0.1, -0.05) is 57.2 Å². The maximum Gasteiger partial charge on any atom is 0.0625 e. The van der Waals surface area contributed by atoms with E-state index >= 15 is 0 Å². The van der Waals surface area contributed by atoms with Crippen LogP contribution in [-0.4, -0.2) is 24.6 Å². The molecule has 2 aliphatic rings. The van der Waals surface area contributed by atoms with Crippen molar-refractivity contribution in [2.45, 2.75) is 44.6 Å². The molecule has 25 heavy (non-hydrogen) atoms. The van der Waals surface area contributed by atoms with E-state index in [0.29, 0.717) is 12.0 Å². The van der Waals surface area contributed by atoms with Crippen LogP contribution in [0.5, 0.6) is 0 Å². The van der Waals surface area contributed by atoms with Crippen molar-refractivity contribution >= 4 is 15.7 Å². The van der Waals surface area contributed by atoms with E-state index < -0.39 is 10.0 Å². The van der Waals surface area contributed by atoms with E-state index in [1.807, 2.05) is 0 Å². The van der Waals surface area contributed by atoms with Crippen molar-refractivity contribution in [3.8, 4) is 0 Å². The lowest BCUT2D eigenvalue weighted by Crippen LogP contribution is -2.28. The van der Waals surface area contributed by atoms with Gasteiger partial charge in [-0.15, -0.1) is 0 Å². The molecule has 0 aromatic heterocycles. The van der Waals surface area contributed by atoms with E-state index in [4.69, 9.17) is 0 Å². The minimum absolute atomic E-state index is 0.207. The van der Waals surface area contributed by atoms with Gasteiger partial charge in [0, 0.05) is 17.5 Å². The van der Waals surface area contributed by atoms with Crippen LogP contribution in [0.3, 0.4) is 0 Å². The molecule has 1 aliphatic carbocycles. The summed E-state index contributed by atoms with van der Waals surface area (Å²) in [5, 5.41) is 0. The average molecular weight is 354 g/mol. The van der Waals surface area contributed by atoms with Gasteiger partial charge in [0.2, 0.25) is 0 Å². The summed E-state index contributed by atoms with van der Waals surface area (Å²) in [5.74, 6) is 1.81. The number of fused-ring (bicyclic) bond motifs is 5. The molecule has 2 heteroatoms. The van der Waals surface area contributed by atoms with Crippen LogP contribution >= 0.6 is 10.0 Å². The molecular formula is C23H31NS. The van der Waals surface area contributed by atoms with Gasteiger partial charge in [0.1, 0.15) is 0 Å². The summed E-state index contributed by atoms with van der Waals surface area (Å²) in [6, 6.07) is 16.9. The highest BCUT2D eigenvalue weighted by atomic mass is 32.3. The molecule has 0 N–H and O–H groups in total. The minimum Gasteiger partial charge on any atom is -0.356 e. The van der Waals surface area contributed by atoms with Crippen molar-refractivity contribution in [3.63, 3.8) is 0 Å². The highest BCUT2D eigenvalue weighted by molar-refractivity contribution is 8.32. The zero-order valence-corrected chi connectivity index (χ0v) is 17.3. The summed E-state index contributed by atoms with van der Waals surface area (Å²) in [6.07, 6.45) is 8.50. The number of benzene rings is 2. The first-order valence-electron chi connectivity index (χ1n) is 9.30. The predicted molar refractivity (Wildman–Crippen MR) is 113 cm³/mol. The first-order chi connectivity index (χ1) is 11.6. The maximum atomic E-state index is 2.73. The molecule has 134 valence electrons. The lowest BCUT2D eigenvalue weighted by molar-refractivity contribution is 0.585. The van der Waals surface area contributed by atoms with Crippen molar-refractivity contribution in [3.05, 3.63) is 64.7 Å². The molecule has 2 aromatic rings. The SMILES string of the molecule is CC(C)(C)c1ccc2c(c1)C1Cc3ccccc3C1N2CS(C)(C)C. The largest absolute Gasteiger partial charge is 0.356 e. The fraction of sp³-hybridized carbons (Fsp3) is 0.478. The Labute approximate surface area is 154 Å². The molecule has 0 spiro atoms. The van der Waals surface area contributed by atoms with Crippen LogP contribution in [0.25, 0.3) is 0 Å². The Balaban J connectivity index is 1.84. The number of anilines is 1. The van der Waals surface area contributed by atoms with Crippen molar-refractivity contribution in [1.29, 1.82) is 0 Å². The molecule has 1 nitrogen and oxygen atoms in total. The number of hydrogen-bond acceptors (Lipinski definition) is 1. The van der Waals surface area contributed by atoms with Crippen LogP contribution < -0.4 is 4.90 Å². The van der Waals surface area contributed by atoms with Crippen molar-refractivity contribution in [2.24, 2.45) is 0 Å². The van der Waals surface area contributed by atoms with Gasteiger partial charge in [-0.05, 0) is 58.9 Å². The summed E-state index contributed by atoms with van der Waals surface area (Å²) in [5.41, 5.74) is 7.85. The van der Waals surface area contributed by atoms with Crippen molar-refractivity contribution in [1.82, 2.24) is 0 Å². The Morgan fingerprint density at radius 2 is 1.72 bits per heavy atom. The van der Waals surface area contributed by atoms with E-state index in [1.54, 1.807) is 16.7 Å². The quantitative estimate of drug-likeness (QED) is 0.656. The second-order valence-electron chi connectivity index (χ2n) is 9.67. The Kier molecular flexibility index (Phi) is 3.77. The van der Waals surface area contributed by atoms with Gasteiger partial charge in [0.15, 0.2) is 0 Å². The second kappa shape index (κ2) is 5.54. The van der Waals surface area contributed by atoms with Gasteiger partial charge in [0.25, 0.3) is 0 Å². The average Bonchev–Trinajstić information content (AvgIpc) is 3.01. The number of hydrogen-bond donors (Lipinski definition) is 0. The Morgan fingerprint density at radius 3 is 2.40 bits per heavy atom. The van der Waals surface area contributed by atoms with Gasteiger partial charge in [-0.2, -0.15) is 0 Å². The molecule has 1 heterocycles. The van der Waals surface area contributed by atoms with Crippen LogP contribution in [0.15, 0.2) is 42.5 Å². The van der Waals surface area contributed by atoms with Crippen molar-refractivity contribution < 1.29 is 0 Å². The number of nitrogens with zero attached hydrogens (tertiary/aromatic N) is 1. The molecule has 2 atom stereocenters. The first-order valence-corrected chi connectivity index (χ1v) is 12.3. The Bertz CT molecular complexity index is 810. The van der Waals surface area contributed by atoms with Gasteiger partial charge < -0.3 is 4.90 Å². The zero-order valence-electron chi connectivity index (χ0n) is 16.5. The van der Waals surface area contributed by atoms with E-state index in [-0.39, 0.29) is 5.41 Å². The zero-order chi connectivity index (χ0) is 18.0. The summed E-state index contributed by atoms with van der Waals surface area (Å²) >= 11 is 0. The molecule has 0 saturated heterocycles. The Hall–Kier alpha value is -1.41. The van der Waals surface area contributed by atoms with Crippen molar-refractivity contribution in [2.75, 3.05) is 29.5 Å². The van der Waals surface area contributed by atoms with Crippen LogP contribution in [-0.2, 0) is 11.8 Å². The summed E-state index contributed by atoms with van der Waals surface area (Å²) in [4.78, 5) is 2.73. The van der Waals surface area contributed by atoms with Gasteiger partial charge in [0.05, 0.1) is 6.04 Å². The van der Waals surface area contributed by atoms with Crippen LogP contribution in [0.1, 0.15) is 55.0 Å². The lowest BCUT2D eigenvalue weighted by Gasteiger charge is -2.37. The predicted octanol–water partition coefficient (Wildman–Crippen LogP) is 5.84. The van der Waals surface area contributed by atoms with Crippen LogP contribution in [0, 0.1) is 0 Å². The normalized spacial score (nSPS) is 22.6. The summed E-state index contributed by atoms with van der Waals surface area (Å²) in [7, 11) is -0.604. The Morgan fingerprint density at radius 1 is 1.00 bits per heavy atom. The summed E-state index contributed by atoms with van der Waals surface area (Å²) < 4.78 is 0. The van der Waals surface area contributed by atoms with E-state index in [9.17, 15) is 0 Å². The smallest absolute Gasteiger partial charge is 0.0625 e. The highest BCUT2D eigenvalue weighted by Crippen LogP contribution is 2.57. The molecule has 2 unspecified atom stereocenters. The molecule has 4 rings (SSSR count). The van der Waals surface area contributed by atoms with E-state index in [0.717, 1.165) is 0 Å². The molecule has 1 aliphatic heterocycles. The van der Waals surface area contributed by atoms with Gasteiger partial charge in [-0.25, -0.2) is 10.0 Å². The summed E-state index contributed by atoms with van der Waals surface area (Å²) in [6.45, 7) is 6.96. The monoisotopic (exact) mass is 353 g/mol. The molecule has 0 radical (unpaired) electrons. The molecular weight excluding hydrogens is 322 g/mol. The first kappa shape index (κ1) is 17.0. The molecule has 0 bridgehead atoms. The van der Waals surface area contributed by atoms with Crippen LogP contribution in [0.4, 0.5) is 5.69 Å². The van der Waals surface area contributed by atoms with Gasteiger partial charge in [-0.3, -0.25) is 0 Å². The van der Waals surface area contributed by atoms with Gasteiger partial charge >= 0.3 is 0 Å². The molecule has 0 amide bonds. The highest BCUT2D eigenvalue weighted by Gasteiger charge is 2.45. The molecule has 0 saturated carbocycles. The van der Waals surface area contributed by atoms with E-state index in [1.165, 1.54) is 23.5 Å².